The topological polar surface area (TPSA) is 122 Å². The van der Waals surface area contributed by atoms with Crippen LogP contribution < -0.4 is 9.73 Å². The van der Waals surface area contributed by atoms with E-state index in [0.29, 0.717) is 5.92 Å². The smallest absolute Gasteiger partial charge is 0.269 e. The predicted octanol–water partition coefficient (Wildman–Crippen LogP) is 4.50. The first-order valence-corrected chi connectivity index (χ1v) is 12.6. The van der Waals surface area contributed by atoms with Gasteiger partial charge in [0.15, 0.2) is 0 Å². The number of carbonyl (C=O) groups is 1. The van der Waals surface area contributed by atoms with Gasteiger partial charge in [-0.2, -0.15) is 5.10 Å². The molecule has 9 nitrogen and oxygen atoms in total. The molecule has 3 rings (SSSR count). The average Bonchev–Trinajstić information content (AvgIpc) is 2.81. The molecule has 0 bridgehead atoms. The molecule has 1 aliphatic rings. The molecule has 0 atom stereocenters. The third kappa shape index (κ3) is 6.19. The van der Waals surface area contributed by atoms with Crippen molar-refractivity contribution in [2.45, 2.75) is 51.3 Å². The maximum atomic E-state index is 13.3. The van der Waals surface area contributed by atoms with Gasteiger partial charge in [0.1, 0.15) is 6.54 Å². The lowest BCUT2D eigenvalue weighted by molar-refractivity contribution is -0.384. The van der Waals surface area contributed by atoms with Crippen LogP contribution in [0.25, 0.3) is 0 Å². The number of hydrazone groups is 1. The fourth-order valence-electron chi connectivity index (χ4n) is 4.01. The first-order chi connectivity index (χ1) is 16.0. The van der Waals surface area contributed by atoms with Gasteiger partial charge in [-0.15, -0.1) is 0 Å². The van der Waals surface area contributed by atoms with Crippen LogP contribution in [0.4, 0.5) is 11.4 Å². The fraction of sp³-hybridized carbons (Fsp3) is 0.417. The highest BCUT2D eigenvalue weighted by atomic mass is 32.2. The molecule has 2 aromatic rings. The summed E-state index contributed by atoms with van der Waals surface area (Å²) in [6.07, 6.45) is 3.57. The fourth-order valence-corrected chi connectivity index (χ4v) is 5.45. The minimum Gasteiger partial charge on any atom is -0.271 e. The molecular weight excluding hydrogens is 456 g/mol. The number of anilines is 1. The van der Waals surface area contributed by atoms with Crippen molar-refractivity contribution in [2.24, 2.45) is 16.4 Å². The van der Waals surface area contributed by atoms with Gasteiger partial charge in [-0.1, -0.05) is 39.0 Å². The van der Waals surface area contributed by atoms with Crippen LogP contribution in [0.2, 0.25) is 0 Å². The summed E-state index contributed by atoms with van der Waals surface area (Å²) in [5.74, 6) is -0.000834. The van der Waals surface area contributed by atoms with Crippen molar-refractivity contribution in [3.05, 3.63) is 64.7 Å². The molecule has 10 heteroatoms. The Labute approximate surface area is 200 Å². The van der Waals surface area contributed by atoms with Crippen molar-refractivity contribution in [1.29, 1.82) is 0 Å². The summed E-state index contributed by atoms with van der Waals surface area (Å²) in [6.45, 7) is 6.15. The van der Waals surface area contributed by atoms with E-state index in [4.69, 9.17) is 0 Å². The lowest BCUT2D eigenvalue weighted by Gasteiger charge is -2.34. The van der Waals surface area contributed by atoms with Gasteiger partial charge in [-0.25, -0.2) is 13.8 Å². The van der Waals surface area contributed by atoms with Gasteiger partial charge in [0.25, 0.3) is 21.6 Å². The highest BCUT2D eigenvalue weighted by Crippen LogP contribution is 2.36. The first kappa shape index (κ1) is 25.4. The van der Waals surface area contributed by atoms with Crippen LogP contribution >= 0.6 is 0 Å². The Balaban J connectivity index is 1.78. The Morgan fingerprint density at radius 2 is 1.68 bits per heavy atom. The van der Waals surface area contributed by atoms with E-state index in [-0.39, 0.29) is 21.7 Å². The predicted molar refractivity (Wildman–Crippen MR) is 131 cm³/mol. The number of nitrogens with zero attached hydrogens (tertiary/aromatic N) is 3. The van der Waals surface area contributed by atoms with Gasteiger partial charge >= 0.3 is 0 Å². The standard InChI is InChI=1S/C24H30N4O5S/c1-24(2,3)18-9-11-19(12-10-18)25-26-23(29)17-27(20-13-15-21(16-14-20)28(30)31)34(32,33)22-7-5-4-6-8-22/h4-8,13-16,18H,9-12,17H2,1-3H3,(H,26,29). The van der Waals surface area contributed by atoms with E-state index in [0.717, 1.165) is 35.7 Å². The van der Waals surface area contributed by atoms with E-state index in [1.165, 1.54) is 36.4 Å². The number of hydrogen-bond donors (Lipinski definition) is 1. The van der Waals surface area contributed by atoms with Crippen LogP contribution in [-0.2, 0) is 14.8 Å². The minimum atomic E-state index is -4.09. The molecule has 1 aliphatic carbocycles. The molecular formula is C24H30N4O5S. The number of nitro groups is 1. The summed E-state index contributed by atoms with van der Waals surface area (Å²) in [4.78, 5) is 23.1. The maximum Gasteiger partial charge on any atom is 0.269 e. The van der Waals surface area contributed by atoms with Gasteiger partial charge < -0.3 is 0 Å². The molecule has 182 valence electrons. The Kier molecular flexibility index (Phi) is 7.71. The maximum absolute atomic E-state index is 13.3. The zero-order valence-corrected chi connectivity index (χ0v) is 20.4. The number of amides is 1. The third-order valence-corrected chi connectivity index (χ3v) is 7.88. The van der Waals surface area contributed by atoms with Gasteiger partial charge in [0.2, 0.25) is 0 Å². The quantitative estimate of drug-likeness (QED) is 0.456. The Morgan fingerprint density at radius 1 is 1.09 bits per heavy atom. The van der Waals surface area contributed by atoms with E-state index in [2.05, 4.69) is 31.3 Å². The Morgan fingerprint density at radius 3 is 2.21 bits per heavy atom. The molecule has 1 fully saturated rings. The molecule has 1 amide bonds. The number of benzene rings is 2. The zero-order valence-electron chi connectivity index (χ0n) is 19.6. The van der Waals surface area contributed by atoms with Crippen LogP contribution in [0.3, 0.4) is 0 Å². The summed E-state index contributed by atoms with van der Waals surface area (Å²) in [5.41, 5.74) is 3.58. The van der Waals surface area contributed by atoms with Crippen molar-refractivity contribution in [3.8, 4) is 0 Å². The van der Waals surface area contributed by atoms with E-state index in [1.807, 2.05) is 0 Å². The average molecular weight is 487 g/mol. The highest BCUT2D eigenvalue weighted by Gasteiger charge is 2.29. The van der Waals surface area contributed by atoms with Crippen LogP contribution in [-0.4, -0.2) is 31.5 Å². The lowest BCUT2D eigenvalue weighted by Crippen LogP contribution is -2.40. The number of hydrogen-bond acceptors (Lipinski definition) is 6. The molecule has 34 heavy (non-hydrogen) atoms. The van der Waals surface area contributed by atoms with E-state index in [9.17, 15) is 23.3 Å². The second kappa shape index (κ2) is 10.3. The molecule has 0 unspecified atom stereocenters. The number of nitrogens with one attached hydrogen (secondary N) is 1. The Bertz CT molecular complexity index is 1150. The third-order valence-electron chi connectivity index (χ3n) is 6.09. The SMILES string of the molecule is CC(C)(C)C1CCC(=NNC(=O)CN(c2ccc([N+](=O)[O-])cc2)S(=O)(=O)c2ccccc2)CC1. The van der Waals surface area contributed by atoms with Gasteiger partial charge in [-0.05, 0) is 61.3 Å². The van der Waals surface area contributed by atoms with Crippen LogP contribution in [0.1, 0.15) is 46.5 Å². The van der Waals surface area contributed by atoms with Crippen molar-refractivity contribution in [1.82, 2.24) is 5.43 Å². The Hall–Kier alpha value is -3.27. The number of non-ortho nitro benzene ring substituents is 1. The number of nitro benzene ring substituents is 1. The molecule has 0 spiro atoms. The summed E-state index contributed by atoms with van der Waals surface area (Å²) in [5, 5.41) is 15.2. The normalized spacial score (nSPS) is 16.6. The lowest BCUT2D eigenvalue weighted by atomic mass is 9.72. The van der Waals surface area contributed by atoms with Crippen molar-refractivity contribution in [2.75, 3.05) is 10.8 Å². The van der Waals surface area contributed by atoms with Crippen molar-refractivity contribution < 1.29 is 18.1 Å². The summed E-state index contributed by atoms with van der Waals surface area (Å²) in [7, 11) is -4.09. The van der Waals surface area contributed by atoms with Crippen molar-refractivity contribution >= 4 is 33.0 Å². The van der Waals surface area contributed by atoms with E-state index in [1.54, 1.807) is 18.2 Å². The molecule has 0 saturated heterocycles. The number of carbonyl (C=O) groups excluding carboxylic acids is 1. The monoisotopic (exact) mass is 486 g/mol. The van der Waals surface area contributed by atoms with Gasteiger partial charge in [0.05, 0.1) is 15.5 Å². The largest absolute Gasteiger partial charge is 0.271 e. The summed E-state index contributed by atoms with van der Waals surface area (Å²) >= 11 is 0. The second-order valence-electron chi connectivity index (χ2n) is 9.45. The molecule has 0 heterocycles. The van der Waals surface area contributed by atoms with Crippen LogP contribution in [0, 0.1) is 21.4 Å². The molecule has 2 aromatic carbocycles. The molecule has 0 aromatic heterocycles. The molecule has 1 N–H and O–H groups in total. The van der Waals surface area contributed by atoms with Gasteiger partial charge in [0, 0.05) is 17.8 Å². The minimum absolute atomic E-state index is 0.00738. The number of rotatable bonds is 7. The molecule has 0 radical (unpaired) electrons. The zero-order chi connectivity index (χ0) is 24.9. The van der Waals surface area contributed by atoms with Gasteiger partial charge in [-0.3, -0.25) is 19.2 Å². The second-order valence-corrected chi connectivity index (χ2v) is 11.3. The summed E-state index contributed by atoms with van der Waals surface area (Å²) < 4.78 is 27.5. The van der Waals surface area contributed by atoms with Crippen LogP contribution in [0.15, 0.2) is 64.6 Å². The van der Waals surface area contributed by atoms with E-state index < -0.39 is 27.4 Å². The van der Waals surface area contributed by atoms with Crippen LogP contribution in [0.5, 0.6) is 0 Å². The van der Waals surface area contributed by atoms with Crippen molar-refractivity contribution in [3.63, 3.8) is 0 Å². The van der Waals surface area contributed by atoms with E-state index >= 15 is 0 Å². The number of sulfonamides is 1. The molecule has 0 aliphatic heterocycles. The summed E-state index contributed by atoms with van der Waals surface area (Å²) in [6, 6.07) is 12.7. The first-order valence-electron chi connectivity index (χ1n) is 11.1. The highest BCUT2D eigenvalue weighted by molar-refractivity contribution is 7.92. The molecule has 1 saturated carbocycles.